The molecule has 1 fully saturated rings. The highest BCUT2D eigenvalue weighted by atomic mass is 32.1. The van der Waals surface area contributed by atoms with Crippen molar-refractivity contribution in [1.82, 2.24) is 9.78 Å². The van der Waals surface area contributed by atoms with Gasteiger partial charge in [-0.05, 0) is 61.4 Å². The molecule has 4 rings (SSSR count). The number of fused-ring (bicyclic) bond motifs is 1. The summed E-state index contributed by atoms with van der Waals surface area (Å²) in [6.07, 6.45) is 9.25. The fourth-order valence-electron chi connectivity index (χ4n) is 3.49. The molecule has 0 radical (unpaired) electrons. The molecule has 5 heteroatoms. The van der Waals surface area contributed by atoms with Crippen LogP contribution in [0.4, 0.5) is 0 Å². The predicted octanol–water partition coefficient (Wildman–Crippen LogP) is 6.19. The van der Waals surface area contributed by atoms with E-state index >= 15 is 0 Å². The number of nitrogens with one attached hydrogen (secondary N) is 1. The molecule has 0 spiro atoms. The Kier molecular flexibility index (Phi) is 7.00. The van der Waals surface area contributed by atoms with E-state index in [0.717, 1.165) is 59.5 Å². The monoisotopic (exact) mass is 400 g/mol. The Bertz CT molecular complexity index is 963. The van der Waals surface area contributed by atoms with Crippen LogP contribution in [0.3, 0.4) is 0 Å². The quantitative estimate of drug-likeness (QED) is 0.443. The molecule has 4 nitrogen and oxygen atoms in total. The molecule has 28 heavy (non-hydrogen) atoms. The van der Waals surface area contributed by atoms with E-state index < -0.39 is 0 Å². The first-order valence-corrected chi connectivity index (χ1v) is 11.5. The summed E-state index contributed by atoms with van der Waals surface area (Å²) in [6.45, 7) is 6.17. The van der Waals surface area contributed by atoms with Crippen LogP contribution < -0.4 is 5.56 Å². The zero-order valence-electron chi connectivity index (χ0n) is 17.3. The van der Waals surface area contributed by atoms with E-state index in [4.69, 9.17) is 0 Å². The van der Waals surface area contributed by atoms with Gasteiger partial charge in [0, 0.05) is 4.88 Å². The molecular weight excluding hydrogens is 368 g/mol. The lowest BCUT2D eigenvalue weighted by atomic mass is 10.1. The number of phenolic OH excluding ortho intramolecular Hbond substituents is 1. The smallest absolute Gasteiger partial charge is 0.289 e. The minimum atomic E-state index is 0.00729. The van der Waals surface area contributed by atoms with Crippen molar-refractivity contribution in [3.63, 3.8) is 0 Å². The summed E-state index contributed by atoms with van der Waals surface area (Å²) in [7, 11) is 0. The Balaban J connectivity index is 0.00000109. The van der Waals surface area contributed by atoms with Crippen LogP contribution in [0.25, 0.3) is 15.9 Å². The van der Waals surface area contributed by atoms with Crippen LogP contribution in [0.1, 0.15) is 69.7 Å². The summed E-state index contributed by atoms with van der Waals surface area (Å²) in [4.78, 5) is 14.1. The number of unbranched alkanes of at least 4 members (excludes halogenated alkanes) is 2. The van der Waals surface area contributed by atoms with Crippen molar-refractivity contribution in [2.75, 3.05) is 0 Å². The van der Waals surface area contributed by atoms with E-state index in [0.29, 0.717) is 5.75 Å². The van der Waals surface area contributed by atoms with Crippen LogP contribution in [0.15, 0.2) is 29.1 Å². The minimum Gasteiger partial charge on any atom is -0.508 e. The van der Waals surface area contributed by atoms with Gasteiger partial charge in [0.2, 0.25) is 0 Å². The van der Waals surface area contributed by atoms with Crippen LogP contribution in [-0.2, 0) is 12.8 Å². The molecule has 0 amide bonds. The Hall–Kier alpha value is -2.01. The second-order valence-electron chi connectivity index (χ2n) is 7.46. The first-order chi connectivity index (χ1) is 13.7. The van der Waals surface area contributed by atoms with Crippen molar-refractivity contribution in [2.45, 2.75) is 72.1 Å². The molecule has 2 heterocycles. The Labute approximate surface area is 171 Å². The van der Waals surface area contributed by atoms with Crippen LogP contribution in [-0.4, -0.2) is 14.9 Å². The molecule has 0 bridgehead atoms. The summed E-state index contributed by atoms with van der Waals surface area (Å²) >= 11 is 1.62. The largest absolute Gasteiger partial charge is 0.508 e. The third-order valence-corrected chi connectivity index (χ3v) is 6.46. The predicted molar refractivity (Wildman–Crippen MR) is 119 cm³/mol. The zero-order valence-corrected chi connectivity index (χ0v) is 18.1. The van der Waals surface area contributed by atoms with Gasteiger partial charge >= 0.3 is 0 Å². The summed E-state index contributed by atoms with van der Waals surface area (Å²) in [6, 6.07) is 7.55. The van der Waals surface area contributed by atoms with E-state index in [1.54, 1.807) is 28.2 Å². The first-order valence-electron chi connectivity index (χ1n) is 10.7. The summed E-state index contributed by atoms with van der Waals surface area (Å²) in [5.74, 6) is 1.23. The van der Waals surface area contributed by atoms with E-state index in [9.17, 15) is 9.90 Å². The Morgan fingerprint density at radius 3 is 2.64 bits per heavy atom. The van der Waals surface area contributed by atoms with Crippen molar-refractivity contribution >= 4 is 21.6 Å². The van der Waals surface area contributed by atoms with Crippen LogP contribution in [0.5, 0.6) is 5.75 Å². The number of nitrogens with zero attached hydrogens (tertiary/aromatic N) is 1. The highest BCUT2D eigenvalue weighted by molar-refractivity contribution is 7.18. The second kappa shape index (κ2) is 9.46. The molecule has 152 valence electrons. The molecular formula is C23H32N2O2S. The fraction of sp³-hybridized carbons (Fsp3) is 0.522. The number of hydrogen-bond acceptors (Lipinski definition) is 3. The number of H-pyrrole nitrogens is 1. The topological polar surface area (TPSA) is 58.0 Å². The minimum absolute atomic E-state index is 0.00729. The van der Waals surface area contributed by atoms with Gasteiger partial charge in [0.25, 0.3) is 5.56 Å². The summed E-state index contributed by atoms with van der Waals surface area (Å²) < 4.78 is 2.41. The maximum absolute atomic E-state index is 12.8. The molecule has 0 atom stereocenters. The lowest BCUT2D eigenvalue weighted by molar-refractivity contribution is 0.466. The maximum atomic E-state index is 12.8. The number of aromatic hydroxyl groups is 1. The van der Waals surface area contributed by atoms with Gasteiger partial charge < -0.3 is 5.11 Å². The van der Waals surface area contributed by atoms with Crippen LogP contribution in [0.2, 0.25) is 0 Å². The van der Waals surface area contributed by atoms with Gasteiger partial charge in [0.1, 0.15) is 10.4 Å². The standard InChI is InChI=1S/C21H26N2O2S.C2H6/c1-2-3-4-5-15-12-16(9-11-19(15)24)23-21(25)20-18(22-23)13-17(26-20)10-8-14-6-7-14;1-2/h9,11-14,22,24H,2-8,10H2,1H3;1-2H3. The third kappa shape index (κ3) is 4.69. The fourth-order valence-corrected chi connectivity index (χ4v) is 4.54. The van der Waals surface area contributed by atoms with Crippen molar-refractivity contribution in [3.05, 3.63) is 45.1 Å². The number of hydrogen-bond donors (Lipinski definition) is 2. The Morgan fingerprint density at radius 1 is 1.18 bits per heavy atom. The lowest BCUT2D eigenvalue weighted by Gasteiger charge is -2.08. The molecule has 1 saturated carbocycles. The van der Waals surface area contributed by atoms with E-state index in [1.165, 1.54) is 24.1 Å². The highest BCUT2D eigenvalue weighted by Gasteiger charge is 2.21. The van der Waals surface area contributed by atoms with Crippen LogP contribution in [0, 0.1) is 5.92 Å². The number of benzene rings is 1. The average molecular weight is 401 g/mol. The number of aromatic amines is 1. The number of rotatable bonds is 8. The zero-order chi connectivity index (χ0) is 20.1. The summed E-state index contributed by atoms with van der Waals surface area (Å²) in [5.41, 5.74) is 2.63. The van der Waals surface area contributed by atoms with Crippen molar-refractivity contribution < 1.29 is 5.11 Å². The number of aryl methyl sites for hydroxylation is 2. The SMILES string of the molecule is CC.CCCCCc1cc(-n2[nH]c3cc(CCC4CC4)sc3c2=O)ccc1O. The van der Waals surface area contributed by atoms with Gasteiger partial charge in [-0.2, -0.15) is 0 Å². The highest BCUT2D eigenvalue weighted by Crippen LogP contribution is 2.35. The second-order valence-corrected chi connectivity index (χ2v) is 8.60. The van der Waals surface area contributed by atoms with Crippen molar-refractivity contribution in [1.29, 1.82) is 0 Å². The van der Waals surface area contributed by atoms with Gasteiger partial charge in [-0.3, -0.25) is 9.89 Å². The van der Waals surface area contributed by atoms with E-state index in [2.05, 4.69) is 18.1 Å². The third-order valence-electron chi connectivity index (χ3n) is 5.28. The first kappa shape index (κ1) is 20.7. The van der Waals surface area contributed by atoms with Gasteiger partial charge in [-0.15, -0.1) is 11.3 Å². The molecule has 0 unspecified atom stereocenters. The van der Waals surface area contributed by atoms with Crippen molar-refractivity contribution in [2.24, 2.45) is 5.92 Å². The summed E-state index contributed by atoms with van der Waals surface area (Å²) in [5, 5.41) is 13.4. The van der Waals surface area contributed by atoms with E-state index in [1.807, 2.05) is 19.9 Å². The van der Waals surface area contributed by atoms with Gasteiger partial charge in [0.15, 0.2) is 0 Å². The van der Waals surface area contributed by atoms with Gasteiger partial charge in [-0.25, -0.2) is 4.68 Å². The van der Waals surface area contributed by atoms with E-state index in [-0.39, 0.29) is 5.56 Å². The number of thiophene rings is 1. The normalized spacial score (nSPS) is 13.5. The van der Waals surface area contributed by atoms with Crippen LogP contribution >= 0.6 is 11.3 Å². The molecule has 0 aliphatic heterocycles. The molecule has 2 N–H and O–H groups in total. The van der Waals surface area contributed by atoms with Crippen molar-refractivity contribution in [3.8, 4) is 11.4 Å². The average Bonchev–Trinajstić information content (AvgIpc) is 3.38. The lowest BCUT2D eigenvalue weighted by Crippen LogP contribution is -2.14. The van der Waals surface area contributed by atoms with Gasteiger partial charge in [0.05, 0.1) is 11.2 Å². The Morgan fingerprint density at radius 2 is 1.96 bits per heavy atom. The number of phenols is 1. The van der Waals surface area contributed by atoms with Gasteiger partial charge in [-0.1, -0.05) is 46.5 Å². The molecule has 0 saturated heterocycles. The number of aromatic nitrogens is 2. The molecule has 1 aromatic carbocycles. The molecule has 1 aliphatic carbocycles. The molecule has 2 aromatic heterocycles. The maximum Gasteiger partial charge on any atom is 0.289 e. The molecule has 1 aliphatic rings. The molecule has 3 aromatic rings.